The van der Waals surface area contributed by atoms with Crippen LogP contribution in [0.2, 0.25) is 0 Å². The van der Waals surface area contributed by atoms with Crippen LogP contribution in [-0.2, 0) is 27.2 Å². The molecule has 1 spiro atoms. The normalized spacial score (nSPS) is 56.0. The van der Waals surface area contributed by atoms with E-state index in [-0.39, 0.29) is 13.2 Å². The molecule has 0 aliphatic carbocycles. The zero-order valence-electron chi connectivity index (χ0n) is 7.92. The Bertz CT molecular complexity index is 387. The van der Waals surface area contributed by atoms with Crippen LogP contribution in [0.25, 0.3) is 0 Å². The van der Waals surface area contributed by atoms with E-state index < -0.39 is 30.4 Å². The van der Waals surface area contributed by atoms with E-state index in [0.29, 0.717) is 0 Å². The predicted molar refractivity (Wildman–Crippen MR) is 62.7 cm³/mol. The predicted octanol–water partition coefficient (Wildman–Crippen LogP) is 3.89. The summed E-state index contributed by atoms with van der Waals surface area (Å²) in [4.78, 5) is 0. The molecule has 12 heteroatoms. The highest BCUT2D eigenvalue weighted by Gasteiger charge is 2.59. The molecular formula is C5H6Cl4O6P2. The van der Waals surface area contributed by atoms with Crippen LogP contribution in [0.1, 0.15) is 0 Å². The molecule has 2 unspecified atom stereocenters. The van der Waals surface area contributed by atoms with Crippen LogP contribution in [0.4, 0.5) is 0 Å². The first-order valence-corrected chi connectivity index (χ1v) is 9.97. The summed E-state index contributed by atoms with van der Waals surface area (Å²) in [5.41, 5.74) is -3.55. The van der Waals surface area contributed by atoms with Gasteiger partial charge in [0.05, 0.1) is 18.6 Å². The minimum atomic E-state index is -3.83. The van der Waals surface area contributed by atoms with Crippen LogP contribution in [-0.4, -0.2) is 24.3 Å². The van der Waals surface area contributed by atoms with Gasteiger partial charge in [0.2, 0.25) is 0 Å². The molecule has 17 heavy (non-hydrogen) atoms. The fourth-order valence-electron chi connectivity index (χ4n) is 1.29. The number of alkyl halides is 2. The van der Waals surface area contributed by atoms with Gasteiger partial charge in [-0.2, -0.15) is 0 Å². The molecule has 0 aromatic rings. The second kappa shape index (κ2) is 4.78. The van der Waals surface area contributed by atoms with Gasteiger partial charge in [0, 0.05) is 22.5 Å². The molecule has 0 bridgehead atoms. The molecule has 2 rings (SSSR count). The number of rotatable bonds is 0. The van der Waals surface area contributed by atoms with Gasteiger partial charge in [-0.3, -0.25) is 18.1 Å². The Morgan fingerprint density at radius 2 is 1.35 bits per heavy atom. The van der Waals surface area contributed by atoms with Gasteiger partial charge in [-0.25, -0.2) is 9.13 Å². The average molecular weight is 366 g/mol. The summed E-state index contributed by atoms with van der Waals surface area (Å²) in [5, 5.41) is 0. The SMILES string of the molecule is O=P1(Cl)OCC2(CO1)C(Cl)OP(=O)(Cl)OC2Cl. The minimum Gasteiger partial charge on any atom is -0.296 e. The van der Waals surface area contributed by atoms with Crippen molar-refractivity contribution in [3.63, 3.8) is 0 Å². The average Bonchev–Trinajstić information content (AvgIpc) is 2.14. The minimum absolute atomic E-state index is 0.229. The van der Waals surface area contributed by atoms with E-state index in [1.165, 1.54) is 0 Å². The van der Waals surface area contributed by atoms with Crippen molar-refractivity contribution in [2.45, 2.75) is 11.1 Å². The van der Waals surface area contributed by atoms with Crippen LogP contribution in [0.5, 0.6) is 0 Å². The molecule has 2 aliphatic rings. The molecule has 2 atom stereocenters. The second-order valence-corrected chi connectivity index (χ2v) is 9.42. The van der Waals surface area contributed by atoms with Crippen LogP contribution in [0, 0.1) is 5.41 Å². The van der Waals surface area contributed by atoms with E-state index in [9.17, 15) is 9.13 Å². The van der Waals surface area contributed by atoms with Crippen molar-refractivity contribution in [3.8, 4) is 0 Å². The van der Waals surface area contributed by atoms with E-state index in [0.717, 1.165) is 0 Å². The van der Waals surface area contributed by atoms with Gasteiger partial charge in [0.1, 0.15) is 0 Å². The Kier molecular flexibility index (Phi) is 4.18. The quantitative estimate of drug-likeness (QED) is 0.479. The van der Waals surface area contributed by atoms with Gasteiger partial charge < -0.3 is 0 Å². The van der Waals surface area contributed by atoms with Gasteiger partial charge in [-0.15, -0.1) is 0 Å². The van der Waals surface area contributed by atoms with E-state index in [2.05, 4.69) is 0 Å². The van der Waals surface area contributed by atoms with Crippen molar-refractivity contribution in [3.05, 3.63) is 0 Å². The fraction of sp³-hybridized carbons (Fsp3) is 1.00. The fourth-order valence-corrected chi connectivity index (χ4v) is 5.26. The molecule has 0 saturated carbocycles. The summed E-state index contributed by atoms with van der Waals surface area (Å²) in [6.45, 7) is -7.91. The molecule has 0 radical (unpaired) electrons. The van der Waals surface area contributed by atoms with Crippen LogP contribution >= 0.6 is 59.6 Å². The Hall–Kier alpha value is 1.46. The van der Waals surface area contributed by atoms with Crippen molar-refractivity contribution in [1.82, 2.24) is 0 Å². The van der Waals surface area contributed by atoms with E-state index in [4.69, 9.17) is 63.8 Å². The van der Waals surface area contributed by atoms with Gasteiger partial charge in [-0.05, 0) is 0 Å². The molecule has 0 N–H and O–H groups in total. The lowest BCUT2D eigenvalue weighted by atomic mass is 9.92. The van der Waals surface area contributed by atoms with Crippen LogP contribution in [0.15, 0.2) is 0 Å². The van der Waals surface area contributed by atoms with Crippen LogP contribution < -0.4 is 0 Å². The summed E-state index contributed by atoms with van der Waals surface area (Å²) in [6.07, 6.45) is 0. The monoisotopic (exact) mass is 364 g/mol. The first-order chi connectivity index (χ1) is 7.67. The zero-order chi connectivity index (χ0) is 12.9. The van der Waals surface area contributed by atoms with Gasteiger partial charge in [-0.1, -0.05) is 23.2 Å². The van der Waals surface area contributed by atoms with E-state index in [1.807, 2.05) is 0 Å². The maximum absolute atomic E-state index is 11.4. The topological polar surface area (TPSA) is 71.1 Å². The summed E-state index contributed by atoms with van der Waals surface area (Å²) >= 11 is 22.6. The third-order valence-electron chi connectivity index (χ3n) is 2.32. The van der Waals surface area contributed by atoms with Crippen molar-refractivity contribution in [2.75, 3.05) is 13.2 Å². The molecule has 2 aliphatic heterocycles. The van der Waals surface area contributed by atoms with E-state index >= 15 is 0 Å². The number of halogens is 4. The lowest BCUT2D eigenvalue weighted by Gasteiger charge is -2.46. The summed E-state index contributed by atoms with van der Waals surface area (Å²) in [7, 11) is 0. The Labute approximate surface area is 116 Å². The van der Waals surface area contributed by atoms with Crippen LogP contribution in [0.3, 0.4) is 0 Å². The molecule has 0 amide bonds. The molecule has 100 valence electrons. The lowest BCUT2D eigenvalue weighted by molar-refractivity contribution is -0.0936. The van der Waals surface area contributed by atoms with E-state index in [1.54, 1.807) is 0 Å². The smallest absolute Gasteiger partial charge is 0.296 e. The largest absolute Gasteiger partial charge is 0.427 e. The summed E-state index contributed by atoms with van der Waals surface area (Å²) in [6, 6.07) is 0. The maximum atomic E-state index is 11.4. The molecule has 2 saturated heterocycles. The van der Waals surface area contributed by atoms with Crippen molar-refractivity contribution in [2.24, 2.45) is 5.41 Å². The van der Waals surface area contributed by atoms with Gasteiger partial charge >= 0.3 is 13.9 Å². The van der Waals surface area contributed by atoms with Crippen molar-refractivity contribution < 1.29 is 27.2 Å². The maximum Gasteiger partial charge on any atom is 0.427 e. The third-order valence-corrected chi connectivity index (χ3v) is 6.48. The molecule has 2 fully saturated rings. The van der Waals surface area contributed by atoms with Gasteiger partial charge in [0.15, 0.2) is 11.1 Å². The molecule has 2 heterocycles. The number of hydrogen-bond donors (Lipinski definition) is 0. The zero-order valence-corrected chi connectivity index (χ0v) is 12.7. The molecule has 0 aromatic heterocycles. The van der Waals surface area contributed by atoms with Gasteiger partial charge in [0.25, 0.3) is 0 Å². The second-order valence-electron chi connectivity index (χ2n) is 3.48. The lowest BCUT2D eigenvalue weighted by Crippen LogP contribution is -2.52. The Morgan fingerprint density at radius 3 is 1.76 bits per heavy atom. The highest BCUT2D eigenvalue weighted by molar-refractivity contribution is 7.81. The molecular weight excluding hydrogens is 360 g/mol. The number of hydrogen-bond acceptors (Lipinski definition) is 6. The summed E-state index contributed by atoms with van der Waals surface area (Å²) < 4.78 is 41.9. The Balaban J connectivity index is 2.21. The first-order valence-electron chi connectivity index (χ1n) is 4.20. The highest BCUT2D eigenvalue weighted by Crippen LogP contribution is 2.67. The standard InChI is InChI=1S/C5H6Cl4O6P2/c6-3-5(1-12-16(8,10)13-2-5)4(7)15-17(9,11)14-3/h3-4H,1-2H2. The Morgan fingerprint density at radius 1 is 0.941 bits per heavy atom. The first kappa shape index (κ1) is 14.9. The molecule has 0 aromatic carbocycles. The third kappa shape index (κ3) is 2.97. The summed E-state index contributed by atoms with van der Waals surface area (Å²) in [5.74, 6) is 0. The molecule has 6 nitrogen and oxygen atoms in total. The van der Waals surface area contributed by atoms with Crippen molar-refractivity contribution in [1.29, 1.82) is 0 Å². The highest BCUT2D eigenvalue weighted by atomic mass is 35.7. The van der Waals surface area contributed by atoms with Crippen molar-refractivity contribution >= 4 is 59.6 Å².